The van der Waals surface area contributed by atoms with Gasteiger partial charge in [0, 0.05) is 4.98 Å². The molecule has 1 aromatic heterocycles. The fraction of sp³-hybridized carbons (Fsp3) is 0.375. The maximum absolute atomic E-state index is 12.0. The normalized spacial score (nSPS) is 11.1. The van der Waals surface area contributed by atoms with Crippen LogP contribution in [0.2, 0.25) is 0 Å². The lowest BCUT2D eigenvalue weighted by Gasteiger charge is -2.09. The summed E-state index contributed by atoms with van der Waals surface area (Å²) in [6.45, 7) is 1.25. The van der Waals surface area contributed by atoms with Crippen molar-refractivity contribution in [1.29, 1.82) is 0 Å². The summed E-state index contributed by atoms with van der Waals surface area (Å²) in [4.78, 5) is 12.7. The molecule has 0 atom stereocenters. The van der Waals surface area contributed by atoms with Crippen LogP contribution in [0.4, 0.5) is 19.0 Å². The molecule has 17 heavy (non-hydrogen) atoms. The maximum atomic E-state index is 12.0. The molecule has 0 aromatic carbocycles. The Morgan fingerprint density at radius 1 is 1.47 bits per heavy atom. The summed E-state index contributed by atoms with van der Waals surface area (Å²) >= 11 is 0. The molecule has 1 rings (SSSR count). The van der Waals surface area contributed by atoms with Gasteiger partial charge in [0.05, 0.1) is 18.7 Å². The Balaban J connectivity index is 3.28. The van der Waals surface area contributed by atoms with E-state index in [2.05, 4.69) is 9.72 Å². The molecule has 0 saturated heterocycles. The van der Waals surface area contributed by atoms with E-state index in [0.29, 0.717) is 0 Å². The zero-order valence-electron chi connectivity index (χ0n) is 8.74. The van der Waals surface area contributed by atoms with Crippen LogP contribution in [-0.4, -0.2) is 23.4 Å². The first kappa shape index (κ1) is 13.0. The lowest BCUT2D eigenvalue weighted by atomic mass is 10.2. The molecule has 0 radical (unpaired) electrons. The second kappa shape index (κ2) is 4.44. The smallest absolute Gasteiger partial charge is 0.496 e. The van der Waals surface area contributed by atoms with Crippen molar-refractivity contribution in [3.8, 4) is 11.6 Å². The highest BCUT2D eigenvalue weighted by Crippen LogP contribution is 2.32. The molecule has 1 aromatic rings. The molecule has 0 aliphatic carbocycles. The van der Waals surface area contributed by atoms with Crippen molar-refractivity contribution in [2.75, 3.05) is 7.11 Å². The number of rotatable bonds is 3. The van der Waals surface area contributed by atoms with Crippen molar-refractivity contribution in [2.24, 2.45) is 0 Å². The highest BCUT2D eigenvalue weighted by Gasteiger charge is 2.36. The third-order valence-corrected chi connectivity index (χ3v) is 1.79. The van der Waals surface area contributed by atoms with Gasteiger partial charge in [-0.15, -0.1) is 13.2 Å². The molecule has 9 heteroatoms. The van der Waals surface area contributed by atoms with Gasteiger partial charge in [-0.25, -0.2) is 0 Å². The van der Waals surface area contributed by atoms with Crippen molar-refractivity contribution in [3.05, 3.63) is 21.7 Å². The van der Waals surface area contributed by atoms with Gasteiger partial charge in [-0.1, -0.05) is 0 Å². The number of aromatic nitrogens is 1. The fourth-order valence-corrected chi connectivity index (χ4v) is 1.07. The first-order valence-electron chi connectivity index (χ1n) is 4.20. The topological polar surface area (TPSA) is 74.5 Å². The van der Waals surface area contributed by atoms with Crippen LogP contribution >= 0.6 is 0 Å². The Morgan fingerprint density at radius 3 is 2.47 bits per heavy atom. The number of pyridine rings is 1. The monoisotopic (exact) mass is 252 g/mol. The summed E-state index contributed by atoms with van der Waals surface area (Å²) in [5.74, 6) is -1.79. The van der Waals surface area contributed by atoms with Crippen molar-refractivity contribution in [1.82, 2.24) is 4.98 Å². The first-order chi connectivity index (χ1) is 7.74. The number of halogens is 3. The average Bonchev–Trinajstić information content (AvgIpc) is 2.18. The molecule has 0 spiro atoms. The van der Waals surface area contributed by atoms with Gasteiger partial charge >= 0.3 is 18.1 Å². The number of alkyl halides is 3. The number of nitrogens with zero attached hydrogens (tertiary/aromatic N) is 2. The standard InChI is InChI=1S/C8H7F3N2O4/c1-4-5(16-2)3-6(13(14)15)12-7(4)17-8(9,10)11/h3H,1-2H3. The predicted molar refractivity (Wildman–Crippen MR) is 48.9 cm³/mol. The third-order valence-electron chi connectivity index (χ3n) is 1.79. The quantitative estimate of drug-likeness (QED) is 0.609. The molecule has 6 nitrogen and oxygen atoms in total. The van der Waals surface area contributed by atoms with E-state index in [0.717, 1.165) is 6.07 Å². The number of ether oxygens (including phenoxy) is 2. The van der Waals surface area contributed by atoms with Crippen LogP contribution in [0.3, 0.4) is 0 Å². The van der Waals surface area contributed by atoms with Crippen LogP contribution in [0.1, 0.15) is 5.56 Å². The maximum Gasteiger partial charge on any atom is 0.575 e. The van der Waals surface area contributed by atoms with Gasteiger partial charge in [0.2, 0.25) is 0 Å². The van der Waals surface area contributed by atoms with Gasteiger partial charge in [-0.3, -0.25) is 0 Å². The Kier molecular flexibility index (Phi) is 3.39. The summed E-state index contributed by atoms with van der Waals surface area (Å²) < 4.78 is 44.3. The molecule has 0 aliphatic heterocycles. The predicted octanol–water partition coefficient (Wildman–Crippen LogP) is 2.21. The summed E-state index contributed by atoms with van der Waals surface area (Å²) in [6.07, 6.45) is -4.97. The number of hydrogen-bond donors (Lipinski definition) is 0. The van der Waals surface area contributed by atoms with E-state index in [-0.39, 0.29) is 11.3 Å². The van der Waals surface area contributed by atoms with E-state index in [1.807, 2.05) is 0 Å². The number of methoxy groups -OCH3 is 1. The lowest BCUT2D eigenvalue weighted by molar-refractivity contribution is -0.390. The van der Waals surface area contributed by atoms with Gasteiger partial charge in [0.1, 0.15) is 5.75 Å². The van der Waals surface area contributed by atoms with Crippen LogP contribution < -0.4 is 9.47 Å². The summed E-state index contributed by atoms with van der Waals surface area (Å²) in [5.41, 5.74) is -0.0737. The van der Waals surface area contributed by atoms with E-state index in [1.54, 1.807) is 0 Å². The zero-order valence-corrected chi connectivity index (χ0v) is 8.74. The van der Waals surface area contributed by atoms with E-state index >= 15 is 0 Å². The van der Waals surface area contributed by atoms with Crippen LogP contribution in [0.25, 0.3) is 0 Å². The van der Waals surface area contributed by atoms with Gasteiger partial charge in [-0.2, -0.15) is 0 Å². The molecule has 0 bridgehead atoms. The van der Waals surface area contributed by atoms with E-state index in [9.17, 15) is 23.3 Å². The molecule has 0 amide bonds. The SMILES string of the molecule is COc1cc([N+](=O)[O-])nc(OC(F)(F)F)c1C. The zero-order chi connectivity index (χ0) is 13.2. The average molecular weight is 252 g/mol. The van der Waals surface area contributed by atoms with Crippen LogP contribution in [0, 0.1) is 17.0 Å². The minimum Gasteiger partial charge on any atom is -0.496 e. The molecule has 0 saturated carbocycles. The summed E-state index contributed by atoms with van der Waals surface area (Å²) in [5, 5.41) is 10.4. The Bertz CT molecular complexity index is 447. The fourth-order valence-electron chi connectivity index (χ4n) is 1.07. The molecule has 94 valence electrons. The van der Waals surface area contributed by atoms with Crippen LogP contribution in [0.15, 0.2) is 6.07 Å². The van der Waals surface area contributed by atoms with E-state index in [4.69, 9.17) is 4.74 Å². The lowest BCUT2D eigenvalue weighted by Crippen LogP contribution is -2.19. The minimum atomic E-state index is -4.97. The number of hydrogen-bond acceptors (Lipinski definition) is 5. The molecular formula is C8H7F3N2O4. The molecule has 0 unspecified atom stereocenters. The minimum absolute atomic E-state index is 0.0737. The molecule has 1 heterocycles. The van der Waals surface area contributed by atoms with E-state index < -0.39 is 23.0 Å². The molecule has 0 fully saturated rings. The Labute approximate surface area is 93.1 Å². The van der Waals surface area contributed by atoms with Gasteiger partial charge in [0.25, 0.3) is 0 Å². The Morgan fingerprint density at radius 2 is 2.06 bits per heavy atom. The van der Waals surface area contributed by atoms with Crippen molar-refractivity contribution < 1.29 is 27.6 Å². The van der Waals surface area contributed by atoms with Crippen LogP contribution in [-0.2, 0) is 0 Å². The van der Waals surface area contributed by atoms with Gasteiger partial charge in [-0.05, 0) is 11.8 Å². The van der Waals surface area contributed by atoms with E-state index in [1.165, 1.54) is 14.0 Å². The first-order valence-corrected chi connectivity index (χ1v) is 4.20. The van der Waals surface area contributed by atoms with Gasteiger partial charge < -0.3 is 19.6 Å². The van der Waals surface area contributed by atoms with Gasteiger partial charge in [0.15, 0.2) is 0 Å². The van der Waals surface area contributed by atoms with Crippen molar-refractivity contribution >= 4 is 5.82 Å². The van der Waals surface area contributed by atoms with Crippen molar-refractivity contribution in [3.63, 3.8) is 0 Å². The van der Waals surface area contributed by atoms with Crippen molar-refractivity contribution in [2.45, 2.75) is 13.3 Å². The summed E-state index contributed by atoms with van der Waals surface area (Å²) in [6, 6.07) is 0.915. The summed E-state index contributed by atoms with van der Waals surface area (Å²) in [7, 11) is 1.17. The second-order valence-corrected chi connectivity index (χ2v) is 2.92. The van der Waals surface area contributed by atoms with Crippen LogP contribution in [0.5, 0.6) is 11.6 Å². The third kappa shape index (κ3) is 3.20. The molecular weight excluding hydrogens is 245 g/mol. The highest BCUT2D eigenvalue weighted by atomic mass is 19.4. The Hall–Kier alpha value is -2.06. The molecule has 0 N–H and O–H groups in total. The highest BCUT2D eigenvalue weighted by molar-refractivity contribution is 5.45. The number of nitro groups is 1. The second-order valence-electron chi connectivity index (χ2n) is 2.92. The largest absolute Gasteiger partial charge is 0.575 e. The molecule has 0 aliphatic rings.